The first-order chi connectivity index (χ1) is 8.10. The number of ether oxygens (including phenoxy) is 2. The zero-order valence-corrected chi connectivity index (χ0v) is 12.4. The second-order valence-electron chi connectivity index (χ2n) is 4.64. The van der Waals surface area contributed by atoms with Crippen molar-refractivity contribution in [2.75, 3.05) is 25.5 Å². The van der Waals surface area contributed by atoms with Gasteiger partial charge in [-0.05, 0) is 27.2 Å². The Labute approximate surface area is 112 Å². The Hall–Kier alpha value is -0.530. The number of rotatable bonds is 7. The fourth-order valence-corrected chi connectivity index (χ4v) is 1.76. The molecule has 0 fully saturated rings. The molecule has 0 bridgehead atoms. The summed E-state index contributed by atoms with van der Waals surface area (Å²) in [6.45, 7) is 6.20. The molecule has 0 spiro atoms. The van der Waals surface area contributed by atoms with Crippen molar-refractivity contribution in [3.05, 3.63) is 0 Å². The van der Waals surface area contributed by atoms with Crippen molar-refractivity contribution >= 4 is 25.8 Å². The molecule has 108 valence electrons. The van der Waals surface area contributed by atoms with Crippen LogP contribution in [0, 0.1) is 0 Å². The Bertz CT molecular complexity index is 350. The van der Waals surface area contributed by atoms with Crippen LogP contribution in [0.25, 0.3) is 0 Å². The number of alkyl carbamates (subject to hydrolysis) is 1. The molecule has 0 rings (SSSR count). The molecule has 0 saturated heterocycles. The highest BCUT2D eigenvalue weighted by Crippen LogP contribution is 2.06. The molecule has 0 heterocycles. The summed E-state index contributed by atoms with van der Waals surface area (Å²) >= 11 is 0. The van der Waals surface area contributed by atoms with E-state index in [2.05, 4.69) is 5.32 Å². The van der Waals surface area contributed by atoms with Gasteiger partial charge in [0.05, 0.1) is 12.4 Å². The van der Waals surface area contributed by atoms with Gasteiger partial charge in [0.15, 0.2) is 0 Å². The van der Waals surface area contributed by atoms with Gasteiger partial charge in [-0.1, -0.05) is 0 Å². The van der Waals surface area contributed by atoms with E-state index >= 15 is 0 Å². The van der Waals surface area contributed by atoms with E-state index in [0.717, 1.165) is 0 Å². The molecule has 0 aliphatic rings. The van der Waals surface area contributed by atoms with E-state index in [-0.39, 0.29) is 12.4 Å². The zero-order valence-electron chi connectivity index (χ0n) is 10.9. The highest BCUT2D eigenvalue weighted by atomic mass is 35.7. The Balaban J connectivity index is 3.44. The van der Waals surface area contributed by atoms with Crippen LogP contribution in [0.1, 0.15) is 27.2 Å². The summed E-state index contributed by atoms with van der Waals surface area (Å²) in [5.74, 6) is -0.117. The van der Waals surface area contributed by atoms with Crippen molar-refractivity contribution in [1.82, 2.24) is 5.32 Å². The Morgan fingerprint density at radius 1 is 1.28 bits per heavy atom. The van der Waals surface area contributed by atoms with Crippen LogP contribution in [0.4, 0.5) is 4.79 Å². The molecule has 0 aliphatic heterocycles. The molecule has 18 heavy (non-hydrogen) atoms. The lowest BCUT2D eigenvalue weighted by atomic mass is 10.2. The number of carbonyl (C=O) groups is 1. The average Bonchev–Trinajstić information content (AvgIpc) is 2.11. The van der Waals surface area contributed by atoms with Crippen LogP contribution in [0.3, 0.4) is 0 Å². The van der Waals surface area contributed by atoms with Gasteiger partial charge in [-0.25, -0.2) is 13.2 Å². The van der Waals surface area contributed by atoms with Gasteiger partial charge in [0, 0.05) is 23.8 Å². The number of carbonyl (C=O) groups excluding carboxylic acids is 1. The van der Waals surface area contributed by atoms with Gasteiger partial charge in [-0.2, -0.15) is 0 Å². The predicted octanol–water partition coefficient (Wildman–Crippen LogP) is 1.49. The highest BCUT2D eigenvalue weighted by Gasteiger charge is 2.15. The molecule has 1 amide bonds. The molecule has 0 aromatic rings. The van der Waals surface area contributed by atoms with Crippen molar-refractivity contribution < 1.29 is 22.7 Å². The van der Waals surface area contributed by atoms with Crippen molar-refractivity contribution in [1.29, 1.82) is 0 Å². The quantitative estimate of drug-likeness (QED) is 0.569. The maximum atomic E-state index is 11.2. The summed E-state index contributed by atoms with van der Waals surface area (Å²) in [7, 11) is 1.57. The SMILES string of the molecule is CC(C)(C)OC(=O)NCCOCCCS(=O)(=O)Cl. The third kappa shape index (κ3) is 13.5. The van der Waals surface area contributed by atoms with E-state index in [1.54, 1.807) is 20.8 Å². The molecule has 0 saturated carbocycles. The van der Waals surface area contributed by atoms with Gasteiger partial charge in [-0.15, -0.1) is 0 Å². The van der Waals surface area contributed by atoms with Gasteiger partial charge in [0.1, 0.15) is 5.60 Å². The minimum atomic E-state index is -3.45. The topological polar surface area (TPSA) is 81.7 Å². The Kier molecular flexibility index (Phi) is 7.58. The van der Waals surface area contributed by atoms with Crippen molar-refractivity contribution in [2.45, 2.75) is 32.8 Å². The van der Waals surface area contributed by atoms with E-state index in [4.69, 9.17) is 20.2 Å². The summed E-state index contributed by atoms with van der Waals surface area (Å²) in [6.07, 6.45) is -0.174. The third-order valence-electron chi connectivity index (χ3n) is 1.59. The van der Waals surface area contributed by atoms with Crippen LogP contribution in [-0.4, -0.2) is 45.6 Å². The fourth-order valence-electron chi connectivity index (χ4n) is 0.975. The normalized spacial score (nSPS) is 12.2. The largest absolute Gasteiger partial charge is 0.444 e. The van der Waals surface area contributed by atoms with E-state index < -0.39 is 20.7 Å². The number of halogens is 1. The van der Waals surface area contributed by atoms with Crippen molar-refractivity contribution in [2.24, 2.45) is 0 Å². The molecule has 0 aliphatic carbocycles. The van der Waals surface area contributed by atoms with Crippen LogP contribution in [0.15, 0.2) is 0 Å². The molecule has 6 nitrogen and oxygen atoms in total. The van der Waals surface area contributed by atoms with Crippen LogP contribution in [0.2, 0.25) is 0 Å². The lowest BCUT2D eigenvalue weighted by molar-refractivity contribution is 0.0500. The summed E-state index contributed by atoms with van der Waals surface area (Å²) in [4.78, 5) is 11.2. The summed E-state index contributed by atoms with van der Waals surface area (Å²) in [5.41, 5.74) is -0.528. The fraction of sp³-hybridized carbons (Fsp3) is 0.900. The summed E-state index contributed by atoms with van der Waals surface area (Å²) in [6, 6.07) is 0. The molecule has 8 heteroatoms. The Morgan fingerprint density at radius 2 is 1.89 bits per heavy atom. The molecule has 0 atom stereocenters. The molecular formula is C10H20ClNO5S. The van der Waals surface area contributed by atoms with Crippen LogP contribution < -0.4 is 5.32 Å². The second kappa shape index (κ2) is 7.81. The predicted molar refractivity (Wildman–Crippen MR) is 69.3 cm³/mol. The van der Waals surface area contributed by atoms with Gasteiger partial charge in [0.2, 0.25) is 9.05 Å². The monoisotopic (exact) mass is 301 g/mol. The van der Waals surface area contributed by atoms with E-state index in [0.29, 0.717) is 19.6 Å². The minimum absolute atomic E-state index is 0.117. The van der Waals surface area contributed by atoms with Crippen molar-refractivity contribution in [3.8, 4) is 0 Å². The lowest BCUT2D eigenvalue weighted by Crippen LogP contribution is -2.34. The summed E-state index contributed by atoms with van der Waals surface area (Å²) in [5, 5.41) is 2.52. The van der Waals surface area contributed by atoms with Crippen LogP contribution >= 0.6 is 10.7 Å². The smallest absolute Gasteiger partial charge is 0.407 e. The molecule has 0 radical (unpaired) electrons. The van der Waals surface area contributed by atoms with E-state index in [1.807, 2.05) is 0 Å². The zero-order chi connectivity index (χ0) is 14.2. The molecule has 0 unspecified atom stereocenters. The summed E-state index contributed by atoms with van der Waals surface area (Å²) < 4.78 is 31.3. The van der Waals surface area contributed by atoms with Gasteiger partial charge < -0.3 is 14.8 Å². The van der Waals surface area contributed by atoms with E-state index in [9.17, 15) is 13.2 Å². The molecular weight excluding hydrogens is 282 g/mol. The maximum absolute atomic E-state index is 11.2. The second-order valence-corrected chi connectivity index (χ2v) is 7.53. The first-order valence-corrected chi connectivity index (χ1v) is 8.05. The van der Waals surface area contributed by atoms with Gasteiger partial charge in [-0.3, -0.25) is 0 Å². The third-order valence-corrected chi connectivity index (χ3v) is 2.83. The standard InChI is InChI=1S/C10H20ClNO5S/c1-10(2,3)17-9(13)12-5-7-16-6-4-8-18(11,14)15/h4-8H2,1-3H3,(H,12,13). The molecule has 0 aromatic carbocycles. The van der Waals surface area contributed by atoms with E-state index in [1.165, 1.54) is 0 Å². The Morgan fingerprint density at radius 3 is 2.39 bits per heavy atom. The number of nitrogens with one attached hydrogen (secondary N) is 1. The van der Waals surface area contributed by atoms with Crippen LogP contribution in [0.5, 0.6) is 0 Å². The first kappa shape index (κ1) is 17.5. The van der Waals surface area contributed by atoms with Crippen molar-refractivity contribution in [3.63, 3.8) is 0 Å². The average molecular weight is 302 g/mol. The number of amides is 1. The first-order valence-electron chi connectivity index (χ1n) is 5.57. The van der Waals surface area contributed by atoms with Gasteiger partial charge in [0.25, 0.3) is 0 Å². The number of hydrogen-bond donors (Lipinski definition) is 1. The number of hydrogen-bond acceptors (Lipinski definition) is 5. The minimum Gasteiger partial charge on any atom is -0.444 e. The lowest BCUT2D eigenvalue weighted by Gasteiger charge is -2.19. The molecule has 1 N–H and O–H groups in total. The van der Waals surface area contributed by atoms with Crippen LogP contribution in [-0.2, 0) is 18.5 Å². The van der Waals surface area contributed by atoms with Gasteiger partial charge >= 0.3 is 6.09 Å². The highest BCUT2D eigenvalue weighted by molar-refractivity contribution is 8.13. The maximum Gasteiger partial charge on any atom is 0.407 e. The molecule has 0 aromatic heterocycles.